The molecule has 0 radical (unpaired) electrons. The zero-order valence-electron chi connectivity index (χ0n) is 12.5. The van der Waals surface area contributed by atoms with Gasteiger partial charge in [0.05, 0.1) is 0 Å². The molecule has 8 heteroatoms. The molecule has 2 heterocycles. The van der Waals surface area contributed by atoms with Crippen molar-refractivity contribution in [1.82, 2.24) is 14.8 Å². The fraction of sp³-hybridized carbons (Fsp3) is 0.769. The lowest BCUT2D eigenvalue weighted by molar-refractivity contribution is -0.141. The van der Waals surface area contributed by atoms with E-state index >= 15 is 0 Å². The monoisotopic (exact) mass is 322 g/mol. The molecule has 1 atom stereocenters. The Morgan fingerprint density at radius 3 is 2.67 bits per heavy atom. The molecule has 0 spiro atoms. The summed E-state index contributed by atoms with van der Waals surface area (Å²) in [7, 11) is 4.15. The predicted octanol–water partition coefficient (Wildman–Crippen LogP) is 2.52. The number of thiazole rings is 1. The predicted molar refractivity (Wildman–Crippen MR) is 78.9 cm³/mol. The van der Waals surface area contributed by atoms with Crippen LogP contribution in [0.15, 0.2) is 0 Å². The van der Waals surface area contributed by atoms with Gasteiger partial charge in [-0.1, -0.05) is 0 Å². The number of nitrogens with zero attached hydrogens (tertiary/aromatic N) is 3. The van der Waals surface area contributed by atoms with Gasteiger partial charge in [0.2, 0.25) is 0 Å². The van der Waals surface area contributed by atoms with Crippen molar-refractivity contribution in [2.24, 2.45) is 0 Å². The number of alkyl halides is 3. The van der Waals surface area contributed by atoms with E-state index in [1.807, 2.05) is 0 Å². The van der Waals surface area contributed by atoms with Crippen LogP contribution >= 0.6 is 11.3 Å². The van der Waals surface area contributed by atoms with Gasteiger partial charge in [0, 0.05) is 30.6 Å². The molecular weight excluding hydrogens is 301 g/mol. The summed E-state index contributed by atoms with van der Waals surface area (Å²) >= 11 is 1.06. The molecule has 0 saturated carbocycles. The number of likely N-dealkylation sites (tertiary alicyclic amines) is 1. The van der Waals surface area contributed by atoms with Gasteiger partial charge in [-0.25, -0.2) is 4.98 Å². The molecule has 120 valence electrons. The smallest absolute Gasteiger partial charge is 0.360 e. The quantitative estimate of drug-likeness (QED) is 0.903. The summed E-state index contributed by atoms with van der Waals surface area (Å²) in [4.78, 5) is 8.39. The maximum Gasteiger partial charge on any atom is 0.434 e. The maximum atomic E-state index is 12.7. The minimum Gasteiger partial charge on any atom is -0.360 e. The zero-order chi connectivity index (χ0) is 15.6. The lowest BCUT2D eigenvalue weighted by Crippen LogP contribution is -2.33. The summed E-state index contributed by atoms with van der Waals surface area (Å²) < 4.78 is 38.0. The lowest BCUT2D eigenvalue weighted by atomic mass is 10.2. The van der Waals surface area contributed by atoms with Gasteiger partial charge >= 0.3 is 6.18 Å². The molecule has 4 nitrogen and oxygen atoms in total. The molecule has 1 saturated heterocycles. The van der Waals surface area contributed by atoms with Crippen LogP contribution in [-0.2, 0) is 6.18 Å². The summed E-state index contributed by atoms with van der Waals surface area (Å²) in [6.45, 7) is 4.94. The van der Waals surface area contributed by atoms with Crippen molar-refractivity contribution >= 4 is 16.5 Å². The van der Waals surface area contributed by atoms with Gasteiger partial charge < -0.3 is 10.2 Å². The van der Waals surface area contributed by atoms with Crippen LogP contribution < -0.4 is 5.32 Å². The Bertz CT molecular complexity index is 472. The van der Waals surface area contributed by atoms with Gasteiger partial charge in [0.25, 0.3) is 0 Å². The van der Waals surface area contributed by atoms with Crippen LogP contribution in [0.1, 0.15) is 17.0 Å². The van der Waals surface area contributed by atoms with Crippen LogP contribution in [0.3, 0.4) is 0 Å². The minimum absolute atomic E-state index is 0.207. The van der Waals surface area contributed by atoms with E-state index in [4.69, 9.17) is 0 Å². The van der Waals surface area contributed by atoms with E-state index in [0.29, 0.717) is 17.7 Å². The number of aromatic nitrogens is 1. The van der Waals surface area contributed by atoms with Crippen molar-refractivity contribution in [2.75, 3.05) is 45.6 Å². The highest BCUT2D eigenvalue weighted by Gasteiger charge is 2.36. The van der Waals surface area contributed by atoms with E-state index in [1.54, 1.807) is 0 Å². The van der Waals surface area contributed by atoms with E-state index in [0.717, 1.165) is 37.4 Å². The topological polar surface area (TPSA) is 31.4 Å². The molecule has 0 aliphatic carbocycles. The Labute approximate surface area is 127 Å². The standard InChI is InChI=1S/C13H21F3N4S/c1-9-11(13(14,15)16)18-12(21-9)17-5-7-20-6-4-10(8-20)19(2)3/h10H,4-8H2,1-3H3,(H,17,18)/t10-/m0/s1. The summed E-state index contributed by atoms with van der Waals surface area (Å²) in [6.07, 6.45) is -3.23. The number of aryl methyl sites for hydroxylation is 1. The highest BCUT2D eigenvalue weighted by molar-refractivity contribution is 7.15. The summed E-state index contributed by atoms with van der Waals surface area (Å²) in [5, 5.41) is 3.35. The first-order valence-corrected chi connectivity index (χ1v) is 7.76. The molecule has 0 bridgehead atoms. The summed E-state index contributed by atoms with van der Waals surface area (Å²) in [6, 6.07) is 0.573. The Morgan fingerprint density at radius 1 is 1.43 bits per heavy atom. The average Bonchev–Trinajstić information content (AvgIpc) is 2.95. The molecular formula is C13H21F3N4S. The van der Waals surface area contributed by atoms with Gasteiger partial charge in [0.15, 0.2) is 10.8 Å². The summed E-state index contributed by atoms with van der Waals surface area (Å²) in [5.74, 6) is 0. The Balaban J connectivity index is 1.80. The highest BCUT2D eigenvalue weighted by Crippen LogP contribution is 2.35. The first kappa shape index (κ1) is 16.5. The van der Waals surface area contributed by atoms with Gasteiger partial charge in [0.1, 0.15) is 0 Å². The number of anilines is 1. The molecule has 1 aromatic rings. The second-order valence-electron chi connectivity index (χ2n) is 5.56. The molecule has 1 aliphatic heterocycles. The van der Waals surface area contributed by atoms with E-state index in [-0.39, 0.29) is 4.88 Å². The van der Waals surface area contributed by atoms with Gasteiger partial charge in [-0.15, -0.1) is 11.3 Å². The first-order valence-electron chi connectivity index (χ1n) is 6.94. The van der Waals surface area contributed by atoms with Crippen LogP contribution in [0.2, 0.25) is 0 Å². The van der Waals surface area contributed by atoms with E-state index in [1.165, 1.54) is 6.92 Å². The third kappa shape index (κ3) is 4.31. The van der Waals surface area contributed by atoms with Crippen LogP contribution in [0.25, 0.3) is 0 Å². The average molecular weight is 322 g/mol. The molecule has 0 unspecified atom stereocenters. The van der Waals surface area contributed by atoms with Crippen LogP contribution in [0.5, 0.6) is 0 Å². The largest absolute Gasteiger partial charge is 0.434 e. The van der Waals surface area contributed by atoms with Crippen molar-refractivity contribution < 1.29 is 13.2 Å². The number of hydrogen-bond acceptors (Lipinski definition) is 5. The third-order valence-electron chi connectivity index (χ3n) is 3.75. The third-order valence-corrected chi connectivity index (χ3v) is 4.68. The second-order valence-corrected chi connectivity index (χ2v) is 6.76. The molecule has 0 aromatic carbocycles. The second kappa shape index (κ2) is 6.50. The molecule has 0 amide bonds. The number of rotatable bonds is 5. The Morgan fingerprint density at radius 2 is 2.14 bits per heavy atom. The van der Waals surface area contributed by atoms with Crippen LogP contribution in [-0.4, -0.2) is 61.1 Å². The van der Waals surface area contributed by atoms with E-state index in [2.05, 4.69) is 34.2 Å². The maximum absolute atomic E-state index is 12.7. The number of likely N-dealkylation sites (N-methyl/N-ethyl adjacent to an activating group) is 1. The van der Waals surface area contributed by atoms with Crippen molar-refractivity contribution in [2.45, 2.75) is 25.6 Å². The molecule has 1 aromatic heterocycles. The van der Waals surface area contributed by atoms with Crippen molar-refractivity contribution in [3.8, 4) is 0 Å². The molecule has 1 aliphatic rings. The van der Waals surface area contributed by atoms with E-state index < -0.39 is 11.9 Å². The Kier molecular flexibility index (Phi) is 5.11. The number of halogens is 3. The first-order chi connectivity index (χ1) is 9.77. The van der Waals surface area contributed by atoms with Gasteiger partial charge in [-0.05, 0) is 34.0 Å². The zero-order valence-corrected chi connectivity index (χ0v) is 13.3. The number of hydrogen-bond donors (Lipinski definition) is 1. The number of nitrogens with one attached hydrogen (secondary N) is 1. The normalized spacial score (nSPS) is 20.4. The van der Waals surface area contributed by atoms with Crippen molar-refractivity contribution in [3.05, 3.63) is 10.6 Å². The van der Waals surface area contributed by atoms with Crippen molar-refractivity contribution in [1.29, 1.82) is 0 Å². The fourth-order valence-electron chi connectivity index (χ4n) is 2.49. The van der Waals surface area contributed by atoms with E-state index in [9.17, 15) is 13.2 Å². The molecule has 21 heavy (non-hydrogen) atoms. The van der Waals surface area contributed by atoms with Crippen LogP contribution in [0.4, 0.5) is 18.3 Å². The van der Waals surface area contributed by atoms with Gasteiger partial charge in [-0.2, -0.15) is 13.2 Å². The fourth-order valence-corrected chi connectivity index (χ4v) is 3.35. The molecule has 1 fully saturated rings. The minimum atomic E-state index is -4.37. The summed E-state index contributed by atoms with van der Waals surface area (Å²) in [5.41, 5.74) is -0.774. The SMILES string of the molecule is Cc1sc(NCCN2CC[C@H](N(C)C)C2)nc1C(F)(F)F. The Hall–Kier alpha value is -0.860. The van der Waals surface area contributed by atoms with Crippen LogP contribution in [0, 0.1) is 6.92 Å². The highest BCUT2D eigenvalue weighted by atomic mass is 32.1. The molecule has 1 N–H and O–H groups in total. The lowest BCUT2D eigenvalue weighted by Gasteiger charge is -2.20. The van der Waals surface area contributed by atoms with Gasteiger partial charge in [-0.3, -0.25) is 4.90 Å². The van der Waals surface area contributed by atoms with Crippen molar-refractivity contribution in [3.63, 3.8) is 0 Å². The molecule has 2 rings (SSSR count).